The summed E-state index contributed by atoms with van der Waals surface area (Å²) >= 11 is 0. The number of methoxy groups -OCH3 is 1. The highest BCUT2D eigenvalue weighted by Gasteiger charge is 2.16. The van der Waals surface area contributed by atoms with Gasteiger partial charge < -0.3 is 20.1 Å². The van der Waals surface area contributed by atoms with Crippen LogP contribution in [-0.4, -0.2) is 28.4 Å². The molecule has 0 aliphatic heterocycles. The van der Waals surface area contributed by atoms with Crippen molar-refractivity contribution in [2.75, 3.05) is 7.11 Å². The van der Waals surface area contributed by atoms with E-state index in [1.807, 2.05) is 0 Å². The Labute approximate surface area is 80.2 Å². The summed E-state index contributed by atoms with van der Waals surface area (Å²) in [7, 11) is 1.29. The molecule has 0 heterocycles. The van der Waals surface area contributed by atoms with Crippen LogP contribution in [0.3, 0.4) is 0 Å². The Bertz CT molecular complexity index is 358. The van der Waals surface area contributed by atoms with E-state index in [-0.39, 0.29) is 17.9 Å². The van der Waals surface area contributed by atoms with E-state index in [4.69, 9.17) is 14.9 Å². The minimum atomic E-state index is -1.25. The van der Waals surface area contributed by atoms with Crippen molar-refractivity contribution in [2.24, 2.45) is 0 Å². The average molecular weight is 198 g/mol. The molecule has 0 aliphatic carbocycles. The largest absolute Gasteiger partial charge is 0.504 e. The highest BCUT2D eigenvalue weighted by atomic mass is 16.5. The highest BCUT2D eigenvalue weighted by Crippen LogP contribution is 2.33. The van der Waals surface area contributed by atoms with Crippen LogP contribution in [0.15, 0.2) is 12.1 Å². The van der Waals surface area contributed by atoms with Gasteiger partial charge in [-0.25, -0.2) is 4.79 Å². The monoisotopic (exact) mass is 198 g/mol. The summed E-state index contributed by atoms with van der Waals surface area (Å²) in [6, 6.07) is 2.60. The Hall–Kier alpha value is -1.75. The summed E-state index contributed by atoms with van der Waals surface area (Å²) in [5.74, 6) is -1.72. The number of aliphatic hydroxyl groups is 1. The molecule has 1 rings (SSSR count). The van der Waals surface area contributed by atoms with Gasteiger partial charge in [-0.3, -0.25) is 0 Å². The molecule has 1 aromatic rings. The molecule has 3 N–H and O–H groups in total. The number of rotatable bonds is 3. The molecule has 0 saturated carbocycles. The highest BCUT2D eigenvalue weighted by molar-refractivity contribution is 5.92. The summed E-state index contributed by atoms with van der Waals surface area (Å²) < 4.78 is 4.78. The van der Waals surface area contributed by atoms with Crippen molar-refractivity contribution in [1.29, 1.82) is 0 Å². The number of hydrogen-bond acceptors (Lipinski definition) is 4. The number of phenols is 1. The molecule has 0 aliphatic rings. The third-order valence-corrected chi connectivity index (χ3v) is 1.82. The van der Waals surface area contributed by atoms with Crippen LogP contribution in [0.4, 0.5) is 0 Å². The van der Waals surface area contributed by atoms with Gasteiger partial charge in [-0.1, -0.05) is 6.07 Å². The van der Waals surface area contributed by atoms with Crippen molar-refractivity contribution in [1.82, 2.24) is 0 Å². The van der Waals surface area contributed by atoms with E-state index < -0.39 is 11.7 Å². The second-order valence-corrected chi connectivity index (χ2v) is 2.62. The van der Waals surface area contributed by atoms with E-state index >= 15 is 0 Å². The summed E-state index contributed by atoms with van der Waals surface area (Å²) in [6.07, 6.45) is 0. The Balaban J connectivity index is 3.34. The summed E-state index contributed by atoms with van der Waals surface area (Å²) in [4.78, 5) is 10.6. The molecule has 0 aromatic heterocycles. The molecule has 0 bridgehead atoms. The van der Waals surface area contributed by atoms with Crippen molar-refractivity contribution in [3.05, 3.63) is 23.3 Å². The quantitative estimate of drug-likeness (QED) is 0.661. The van der Waals surface area contributed by atoms with Gasteiger partial charge in [-0.05, 0) is 6.07 Å². The van der Waals surface area contributed by atoms with Gasteiger partial charge in [-0.15, -0.1) is 0 Å². The van der Waals surface area contributed by atoms with Crippen LogP contribution in [0.2, 0.25) is 0 Å². The zero-order valence-electron chi connectivity index (χ0n) is 7.52. The number of ether oxygens (including phenoxy) is 1. The fourth-order valence-electron chi connectivity index (χ4n) is 1.14. The molecule has 0 fully saturated rings. The maximum Gasteiger partial charge on any atom is 0.339 e. The van der Waals surface area contributed by atoms with Crippen LogP contribution in [0.5, 0.6) is 11.5 Å². The first-order valence-electron chi connectivity index (χ1n) is 3.84. The lowest BCUT2D eigenvalue weighted by molar-refractivity contribution is 0.0693. The molecule has 0 spiro atoms. The molecule has 14 heavy (non-hydrogen) atoms. The Kier molecular flexibility index (Phi) is 2.93. The van der Waals surface area contributed by atoms with Gasteiger partial charge in [0.05, 0.1) is 13.7 Å². The maximum atomic E-state index is 10.6. The standard InChI is InChI=1S/C9H10O5/c1-14-8-5(4-10)2-3-6(7(8)11)9(12)13/h2-3,10-11H,4H2,1H3,(H,12,13). The Morgan fingerprint density at radius 1 is 1.50 bits per heavy atom. The number of carboxylic acid groups (broad SMARTS) is 1. The van der Waals surface area contributed by atoms with Crippen molar-refractivity contribution in [2.45, 2.75) is 6.61 Å². The van der Waals surface area contributed by atoms with E-state index in [0.29, 0.717) is 5.56 Å². The topological polar surface area (TPSA) is 87.0 Å². The molecule has 0 unspecified atom stereocenters. The second kappa shape index (κ2) is 3.97. The van der Waals surface area contributed by atoms with Gasteiger partial charge in [0.25, 0.3) is 0 Å². The summed E-state index contributed by atoms with van der Waals surface area (Å²) in [6.45, 7) is -0.323. The number of aliphatic hydroxyl groups excluding tert-OH is 1. The van der Waals surface area contributed by atoms with Crippen LogP contribution in [0.25, 0.3) is 0 Å². The third-order valence-electron chi connectivity index (χ3n) is 1.82. The van der Waals surface area contributed by atoms with Crippen molar-refractivity contribution in [3.8, 4) is 11.5 Å². The molecule has 0 radical (unpaired) electrons. The van der Waals surface area contributed by atoms with Gasteiger partial charge in [0.15, 0.2) is 11.5 Å². The Morgan fingerprint density at radius 2 is 2.14 bits per heavy atom. The lowest BCUT2D eigenvalue weighted by Gasteiger charge is -2.09. The fraction of sp³-hybridized carbons (Fsp3) is 0.222. The normalized spacial score (nSPS) is 9.86. The van der Waals surface area contributed by atoms with Crippen LogP contribution in [0.1, 0.15) is 15.9 Å². The van der Waals surface area contributed by atoms with Crippen molar-refractivity contribution >= 4 is 5.97 Å². The van der Waals surface area contributed by atoms with Crippen LogP contribution >= 0.6 is 0 Å². The van der Waals surface area contributed by atoms with E-state index in [0.717, 1.165) is 0 Å². The van der Waals surface area contributed by atoms with Crippen LogP contribution in [-0.2, 0) is 6.61 Å². The van der Waals surface area contributed by atoms with Gasteiger partial charge in [0, 0.05) is 5.56 Å². The molecule has 76 valence electrons. The van der Waals surface area contributed by atoms with E-state index in [1.54, 1.807) is 0 Å². The van der Waals surface area contributed by atoms with Crippen LogP contribution in [0, 0.1) is 0 Å². The van der Waals surface area contributed by atoms with E-state index in [2.05, 4.69) is 0 Å². The van der Waals surface area contributed by atoms with Crippen molar-refractivity contribution in [3.63, 3.8) is 0 Å². The molecule has 5 nitrogen and oxygen atoms in total. The maximum absolute atomic E-state index is 10.6. The summed E-state index contributed by atoms with van der Waals surface area (Å²) in [5.41, 5.74) is 0.0917. The number of carboxylic acids is 1. The fourth-order valence-corrected chi connectivity index (χ4v) is 1.14. The van der Waals surface area contributed by atoms with Gasteiger partial charge in [0.2, 0.25) is 0 Å². The van der Waals surface area contributed by atoms with Crippen molar-refractivity contribution < 1.29 is 24.9 Å². The predicted molar refractivity (Wildman–Crippen MR) is 47.5 cm³/mol. The molecule has 0 atom stereocenters. The van der Waals surface area contributed by atoms with E-state index in [9.17, 15) is 9.90 Å². The first-order valence-corrected chi connectivity index (χ1v) is 3.84. The van der Waals surface area contributed by atoms with E-state index in [1.165, 1.54) is 19.2 Å². The van der Waals surface area contributed by atoms with Crippen LogP contribution < -0.4 is 4.74 Å². The van der Waals surface area contributed by atoms with Gasteiger partial charge >= 0.3 is 5.97 Å². The molecule has 1 aromatic carbocycles. The number of hydrogen-bond donors (Lipinski definition) is 3. The minimum absolute atomic E-state index is 0.00704. The smallest absolute Gasteiger partial charge is 0.339 e. The predicted octanol–water partition coefficient (Wildman–Crippen LogP) is 0.591. The number of benzene rings is 1. The molecular formula is C9H10O5. The van der Waals surface area contributed by atoms with Gasteiger partial charge in [-0.2, -0.15) is 0 Å². The molecule has 0 amide bonds. The number of aromatic hydroxyl groups is 1. The first kappa shape index (κ1) is 10.3. The Morgan fingerprint density at radius 3 is 2.57 bits per heavy atom. The first-order chi connectivity index (χ1) is 6.61. The minimum Gasteiger partial charge on any atom is -0.504 e. The second-order valence-electron chi connectivity index (χ2n) is 2.62. The third kappa shape index (κ3) is 1.62. The van der Waals surface area contributed by atoms with Gasteiger partial charge in [0.1, 0.15) is 5.56 Å². The molecule has 5 heteroatoms. The molecular weight excluding hydrogens is 188 g/mol. The zero-order valence-corrected chi connectivity index (χ0v) is 7.52. The zero-order chi connectivity index (χ0) is 10.7. The summed E-state index contributed by atoms with van der Waals surface area (Å²) in [5, 5.41) is 27.0. The SMILES string of the molecule is COc1c(CO)ccc(C(=O)O)c1O. The molecule has 0 saturated heterocycles. The lowest BCUT2D eigenvalue weighted by Crippen LogP contribution is -2.00. The number of carbonyl (C=O) groups is 1. The lowest BCUT2D eigenvalue weighted by atomic mass is 10.1. The average Bonchev–Trinajstić information content (AvgIpc) is 2.16. The number of aromatic carboxylic acids is 1.